The van der Waals surface area contributed by atoms with E-state index in [0.29, 0.717) is 24.7 Å². The minimum Gasteiger partial charge on any atom is -0.467 e. The monoisotopic (exact) mass is 441 g/mol. The molecule has 0 aliphatic rings. The average molecular weight is 442 g/mol. The van der Waals surface area contributed by atoms with Crippen molar-refractivity contribution in [3.05, 3.63) is 59.5 Å². The Morgan fingerprint density at radius 2 is 1.94 bits per heavy atom. The maximum atomic E-state index is 12.5. The van der Waals surface area contributed by atoms with Gasteiger partial charge in [0.05, 0.1) is 19.4 Å². The normalized spacial score (nSPS) is 12.6. The van der Waals surface area contributed by atoms with E-state index < -0.39 is 0 Å². The summed E-state index contributed by atoms with van der Waals surface area (Å²) in [5, 5.41) is 9.70. The molecule has 176 valence electrons. The van der Waals surface area contributed by atoms with Gasteiger partial charge < -0.3 is 25.3 Å². The highest BCUT2D eigenvalue weighted by molar-refractivity contribution is 5.94. The molecule has 0 fully saturated rings. The molecule has 2 rings (SSSR count). The third kappa shape index (κ3) is 9.14. The lowest BCUT2D eigenvalue weighted by Crippen LogP contribution is -2.42. The van der Waals surface area contributed by atoms with E-state index >= 15 is 0 Å². The van der Waals surface area contributed by atoms with E-state index in [2.05, 4.69) is 48.5 Å². The molecule has 7 heteroatoms. The quantitative estimate of drug-likeness (QED) is 0.326. The highest BCUT2D eigenvalue weighted by atomic mass is 16.3. The minimum atomic E-state index is -0.126. The number of benzene rings is 1. The lowest BCUT2D eigenvalue weighted by molar-refractivity contribution is 0.0948. The van der Waals surface area contributed by atoms with Gasteiger partial charge in [-0.3, -0.25) is 4.79 Å². The van der Waals surface area contributed by atoms with Gasteiger partial charge in [0.15, 0.2) is 5.96 Å². The average Bonchev–Trinajstić information content (AvgIpc) is 3.33. The molecule has 0 aliphatic carbocycles. The first-order valence-electron chi connectivity index (χ1n) is 11.7. The Morgan fingerprint density at radius 1 is 1.12 bits per heavy atom. The van der Waals surface area contributed by atoms with Crippen LogP contribution in [0.5, 0.6) is 0 Å². The lowest BCUT2D eigenvalue weighted by Gasteiger charge is -2.21. The zero-order chi connectivity index (χ0) is 23.2. The number of amides is 1. The maximum Gasteiger partial charge on any atom is 0.251 e. The molecular formula is C25H39N5O2. The zero-order valence-corrected chi connectivity index (χ0v) is 20.0. The summed E-state index contributed by atoms with van der Waals surface area (Å²) in [6, 6.07) is 11.6. The van der Waals surface area contributed by atoms with Crippen LogP contribution in [0, 0.1) is 0 Å². The second-order valence-corrected chi connectivity index (χ2v) is 7.87. The molecule has 3 N–H and O–H groups in total. The van der Waals surface area contributed by atoms with E-state index in [1.165, 1.54) is 0 Å². The Kier molecular flexibility index (Phi) is 11.4. The van der Waals surface area contributed by atoms with Gasteiger partial charge in [-0.05, 0) is 76.2 Å². The molecule has 1 amide bonds. The van der Waals surface area contributed by atoms with Crippen LogP contribution < -0.4 is 16.0 Å². The Labute approximate surface area is 192 Å². The number of hydrogen-bond acceptors (Lipinski definition) is 4. The largest absolute Gasteiger partial charge is 0.467 e. The van der Waals surface area contributed by atoms with Crippen LogP contribution >= 0.6 is 0 Å². The first kappa shape index (κ1) is 25.5. The van der Waals surface area contributed by atoms with Crippen molar-refractivity contribution in [3.8, 4) is 0 Å². The molecule has 1 aromatic heterocycles. The summed E-state index contributed by atoms with van der Waals surface area (Å²) in [4.78, 5) is 19.6. The van der Waals surface area contributed by atoms with Crippen LogP contribution in [0.2, 0.25) is 0 Å². The Bertz CT molecular complexity index is 815. The van der Waals surface area contributed by atoms with E-state index in [1.54, 1.807) is 6.26 Å². The molecule has 7 nitrogen and oxygen atoms in total. The number of aliphatic imine (C=N–C) groups is 1. The maximum absolute atomic E-state index is 12.5. The first-order chi connectivity index (χ1) is 15.5. The fraction of sp³-hybridized carbons (Fsp3) is 0.520. The third-order valence-corrected chi connectivity index (χ3v) is 5.35. The molecule has 32 heavy (non-hydrogen) atoms. The second kappa shape index (κ2) is 14.3. The van der Waals surface area contributed by atoms with Gasteiger partial charge in [-0.15, -0.1) is 0 Å². The summed E-state index contributed by atoms with van der Waals surface area (Å²) < 4.78 is 5.26. The molecule has 0 bridgehead atoms. The van der Waals surface area contributed by atoms with E-state index in [4.69, 9.17) is 9.41 Å². The van der Waals surface area contributed by atoms with E-state index in [1.807, 2.05) is 36.4 Å². The molecular weight excluding hydrogens is 402 g/mol. The standard InChI is InChI=1S/C25H39N5O2/c1-5-26-25(29-20(4)11-9-15-30(6-2)7-3)28-18-21-12-8-13-22(17-21)24(31)27-19-23-14-10-16-32-23/h8,10,12-14,16-17,20H,5-7,9,11,15,18-19H2,1-4H3,(H,27,31)(H2,26,28,29). The Hall–Kier alpha value is -2.80. The van der Waals surface area contributed by atoms with Gasteiger partial charge in [-0.1, -0.05) is 26.0 Å². The summed E-state index contributed by atoms with van der Waals surface area (Å²) in [7, 11) is 0. The van der Waals surface area contributed by atoms with Crippen LogP contribution in [-0.4, -0.2) is 49.0 Å². The van der Waals surface area contributed by atoms with Gasteiger partial charge in [0.1, 0.15) is 5.76 Å². The summed E-state index contributed by atoms with van der Waals surface area (Å²) in [5.74, 6) is 1.40. The van der Waals surface area contributed by atoms with Gasteiger partial charge in [0.25, 0.3) is 5.91 Å². The summed E-state index contributed by atoms with van der Waals surface area (Å²) in [5.41, 5.74) is 1.61. The number of hydrogen-bond donors (Lipinski definition) is 3. The van der Waals surface area contributed by atoms with Crippen molar-refractivity contribution in [1.82, 2.24) is 20.9 Å². The molecule has 0 saturated heterocycles. The fourth-order valence-electron chi connectivity index (χ4n) is 3.45. The van der Waals surface area contributed by atoms with Crippen LogP contribution in [0.1, 0.15) is 62.2 Å². The highest BCUT2D eigenvalue weighted by Gasteiger charge is 2.09. The van der Waals surface area contributed by atoms with Crippen molar-refractivity contribution in [2.24, 2.45) is 4.99 Å². The Balaban J connectivity index is 1.88. The predicted octanol–water partition coefficient (Wildman–Crippen LogP) is 3.78. The van der Waals surface area contributed by atoms with E-state index in [0.717, 1.165) is 56.3 Å². The number of carbonyl (C=O) groups is 1. The number of nitrogens with one attached hydrogen (secondary N) is 3. The molecule has 1 aromatic carbocycles. The SMILES string of the molecule is CCNC(=NCc1cccc(C(=O)NCc2ccco2)c1)NC(C)CCCN(CC)CC. The van der Waals surface area contributed by atoms with Crippen molar-refractivity contribution in [2.45, 2.75) is 59.7 Å². The number of carbonyl (C=O) groups excluding carboxylic acids is 1. The fourth-order valence-corrected chi connectivity index (χ4v) is 3.45. The number of rotatable bonds is 13. The van der Waals surface area contributed by atoms with Crippen LogP contribution in [0.4, 0.5) is 0 Å². The lowest BCUT2D eigenvalue weighted by atomic mass is 10.1. The van der Waals surface area contributed by atoms with Crippen LogP contribution in [-0.2, 0) is 13.1 Å². The number of nitrogens with zero attached hydrogens (tertiary/aromatic N) is 2. The second-order valence-electron chi connectivity index (χ2n) is 7.87. The molecule has 1 unspecified atom stereocenters. The third-order valence-electron chi connectivity index (χ3n) is 5.35. The van der Waals surface area contributed by atoms with Crippen molar-refractivity contribution in [1.29, 1.82) is 0 Å². The topological polar surface area (TPSA) is 81.9 Å². The van der Waals surface area contributed by atoms with Gasteiger partial charge in [0, 0.05) is 18.2 Å². The molecule has 0 spiro atoms. The molecule has 2 aromatic rings. The van der Waals surface area contributed by atoms with Crippen LogP contribution in [0.3, 0.4) is 0 Å². The smallest absolute Gasteiger partial charge is 0.251 e. The molecule has 1 heterocycles. The van der Waals surface area contributed by atoms with Crippen molar-refractivity contribution < 1.29 is 9.21 Å². The Morgan fingerprint density at radius 3 is 2.62 bits per heavy atom. The number of guanidine groups is 1. The van der Waals surface area contributed by atoms with Crippen LogP contribution in [0.15, 0.2) is 52.1 Å². The van der Waals surface area contributed by atoms with Gasteiger partial charge >= 0.3 is 0 Å². The van der Waals surface area contributed by atoms with Crippen LogP contribution in [0.25, 0.3) is 0 Å². The summed E-state index contributed by atoms with van der Waals surface area (Å²) >= 11 is 0. The molecule has 1 atom stereocenters. The highest BCUT2D eigenvalue weighted by Crippen LogP contribution is 2.08. The van der Waals surface area contributed by atoms with Crippen molar-refractivity contribution >= 4 is 11.9 Å². The van der Waals surface area contributed by atoms with E-state index in [-0.39, 0.29) is 5.91 Å². The van der Waals surface area contributed by atoms with Gasteiger partial charge in [0.2, 0.25) is 0 Å². The minimum absolute atomic E-state index is 0.126. The zero-order valence-electron chi connectivity index (χ0n) is 20.0. The molecule has 0 saturated carbocycles. The summed E-state index contributed by atoms with van der Waals surface area (Å²) in [6.45, 7) is 13.7. The first-order valence-corrected chi connectivity index (χ1v) is 11.7. The number of furan rings is 1. The van der Waals surface area contributed by atoms with Crippen molar-refractivity contribution in [2.75, 3.05) is 26.2 Å². The van der Waals surface area contributed by atoms with Gasteiger partial charge in [-0.25, -0.2) is 4.99 Å². The van der Waals surface area contributed by atoms with E-state index in [9.17, 15) is 4.79 Å². The summed E-state index contributed by atoms with van der Waals surface area (Å²) in [6.07, 6.45) is 3.85. The molecule has 0 aliphatic heterocycles. The predicted molar refractivity (Wildman–Crippen MR) is 131 cm³/mol. The van der Waals surface area contributed by atoms with Gasteiger partial charge in [-0.2, -0.15) is 0 Å². The molecule has 0 radical (unpaired) electrons. The van der Waals surface area contributed by atoms with Crippen molar-refractivity contribution in [3.63, 3.8) is 0 Å².